The second kappa shape index (κ2) is 46.8. The summed E-state index contributed by atoms with van der Waals surface area (Å²) in [6.07, 6.45) is 56.3. The summed E-state index contributed by atoms with van der Waals surface area (Å²) in [6, 6.07) is 0. The van der Waals surface area contributed by atoms with Crippen molar-refractivity contribution in [3.8, 4) is 0 Å². The average molecular weight is 811 g/mol. The van der Waals surface area contributed by atoms with E-state index in [1.807, 2.05) is 0 Å². The Bertz CT molecular complexity index is 1070. The van der Waals surface area contributed by atoms with Crippen LogP contribution in [-0.4, -0.2) is 37.2 Å². The van der Waals surface area contributed by atoms with Crippen LogP contribution in [0, 0.1) is 0 Å². The fraction of sp³-hybridized carbons (Fsp3) is 0.750. The van der Waals surface area contributed by atoms with Crippen molar-refractivity contribution in [3.05, 3.63) is 60.8 Å². The largest absolute Gasteiger partial charge is 0.462 e. The topological polar surface area (TPSA) is 78.9 Å². The molecule has 0 heterocycles. The predicted octanol–water partition coefficient (Wildman–Crippen LogP) is 15.7. The van der Waals surface area contributed by atoms with Gasteiger partial charge in [-0.3, -0.25) is 14.4 Å². The monoisotopic (exact) mass is 811 g/mol. The van der Waals surface area contributed by atoms with Crippen molar-refractivity contribution < 1.29 is 28.6 Å². The number of unbranched alkanes of at least 4 members (excludes halogenated alkanes) is 24. The molecule has 0 aromatic heterocycles. The molecule has 6 nitrogen and oxygen atoms in total. The number of rotatable bonds is 43. The Kier molecular flexibility index (Phi) is 44.5. The van der Waals surface area contributed by atoms with E-state index in [0.29, 0.717) is 19.3 Å². The van der Waals surface area contributed by atoms with Crippen LogP contribution in [-0.2, 0) is 28.6 Å². The summed E-state index contributed by atoms with van der Waals surface area (Å²) < 4.78 is 16.7. The molecule has 0 spiro atoms. The molecule has 6 heteroatoms. The van der Waals surface area contributed by atoms with Crippen LogP contribution in [0.3, 0.4) is 0 Å². The van der Waals surface area contributed by atoms with E-state index >= 15 is 0 Å². The van der Waals surface area contributed by atoms with Crippen molar-refractivity contribution in [3.63, 3.8) is 0 Å². The molecule has 1 unspecified atom stereocenters. The minimum absolute atomic E-state index is 0.103. The normalized spacial score (nSPS) is 12.5. The molecule has 0 aliphatic carbocycles. The smallest absolute Gasteiger partial charge is 0.306 e. The van der Waals surface area contributed by atoms with Crippen molar-refractivity contribution >= 4 is 17.9 Å². The molecule has 0 aliphatic rings. The minimum atomic E-state index is -0.801. The summed E-state index contributed by atoms with van der Waals surface area (Å²) in [4.78, 5) is 37.8. The molecule has 0 saturated carbocycles. The number of carbonyl (C=O) groups excluding carboxylic acids is 3. The van der Waals surface area contributed by atoms with Crippen LogP contribution >= 0.6 is 0 Å². The number of carbonyl (C=O) groups is 3. The minimum Gasteiger partial charge on any atom is -0.462 e. The Morgan fingerprint density at radius 3 is 1.02 bits per heavy atom. The highest BCUT2D eigenvalue weighted by Gasteiger charge is 2.19. The van der Waals surface area contributed by atoms with E-state index < -0.39 is 6.10 Å². The van der Waals surface area contributed by atoms with Gasteiger partial charge >= 0.3 is 17.9 Å². The second-order valence-corrected chi connectivity index (χ2v) is 16.1. The van der Waals surface area contributed by atoms with E-state index in [1.165, 1.54) is 96.3 Å². The average Bonchev–Trinajstić information content (AvgIpc) is 3.22. The second-order valence-electron chi connectivity index (χ2n) is 16.1. The first-order chi connectivity index (χ1) is 28.5. The first kappa shape index (κ1) is 55.1. The molecule has 334 valence electrons. The van der Waals surface area contributed by atoms with Gasteiger partial charge in [-0.25, -0.2) is 0 Å². The molecule has 0 aromatic carbocycles. The van der Waals surface area contributed by atoms with Gasteiger partial charge in [0.2, 0.25) is 0 Å². The molecule has 0 aromatic rings. The van der Waals surface area contributed by atoms with Gasteiger partial charge < -0.3 is 14.2 Å². The first-order valence-corrected chi connectivity index (χ1v) is 24.3. The van der Waals surface area contributed by atoms with E-state index in [2.05, 4.69) is 81.5 Å². The lowest BCUT2D eigenvalue weighted by atomic mass is 10.1. The third-order valence-electron chi connectivity index (χ3n) is 10.3. The molecule has 0 rings (SSSR count). The van der Waals surface area contributed by atoms with Crippen molar-refractivity contribution in [2.24, 2.45) is 0 Å². The van der Waals surface area contributed by atoms with Gasteiger partial charge in [0, 0.05) is 19.3 Å². The van der Waals surface area contributed by atoms with Gasteiger partial charge in [0.05, 0.1) is 0 Å². The van der Waals surface area contributed by atoms with Crippen molar-refractivity contribution in [1.82, 2.24) is 0 Å². The summed E-state index contributed by atoms with van der Waals surface area (Å²) in [7, 11) is 0. The first-order valence-electron chi connectivity index (χ1n) is 24.3. The number of esters is 3. The lowest BCUT2D eigenvalue weighted by Crippen LogP contribution is -2.30. The van der Waals surface area contributed by atoms with Gasteiger partial charge in [0.15, 0.2) is 6.10 Å². The van der Waals surface area contributed by atoms with Crippen LogP contribution < -0.4 is 0 Å². The highest BCUT2D eigenvalue weighted by molar-refractivity contribution is 5.71. The van der Waals surface area contributed by atoms with Crippen LogP contribution in [0.2, 0.25) is 0 Å². The van der Waals surface area contributed by atoms with E-state index in [-0.39, 0.29) is 31.1 Å². The Labute approximate surface area is 358 Å². The van der Waals surface area contributed by atoms with Gasteiger partial charge in [0.25, 0.3) is 0 Å². The quantitative estimate of drug-likeness (QED) is 0.0201. The van der Waals surface area contributed by atoms with Crippen LogP contribution in [0.4, 0.5) is 0 Å². The summed E-state index contributed by atoms with van der Waals surface area (Å²) in [6.45, 7) is 6.50. The number of hydrogen-bond donors (Lipinski definition) is 0. The molecule has 58 heavy (non-hydrogen) atoms. The molecule has 0 fully saturated rings. The van der Waals surface area contributed by atoms with Gasteiger partial charge in [-0.15, -0.1) is 0 Å². The van der Waals surface area contributed by atoms with Crippen molar-refractivity contribution in [1.29, 1.82) is 0 Å². The van der Waals surface area contributed by atoms with Gasteiger partial charge in [0.1, 0.15) is 13.2 Å². The van der Waals surface area contributed by atoms with Crippen LogP contribution in [0.1, 0.15) is 233 Å². The van der Waals surface area contributed by atoms with E-state index in [4.69, 9.17) is 14.2 Å². The standard InChI is InChI=1S/C52H90O6/c1-4-7-10-13-16-19-22-24-25-26-28-30-33-36-39-42-45-51(54)57-48-49(47-56-50(53)44-41-38-35-32-29-21-18-15-12-9-6-3)58-52(55)46-43-40-37-34-31-27-23-20-17-14-11-8-5-2/h15,18,21,25-31,49H,4-14,16-17,19-20,22-24,32-48H2,1-3H3/b18-15-,26-25-,29-21-,30-28-,31-27-. The van der Waals surface area contributed by atoms with Crippen LogP contribution in [0.5, 0.6) is 0 Å². The Morgan fingerprint density at radius 1 is 0.345 bits per heavy atom. The molecular weight excluding hydrogens is 721 g/mol. The van der Waals surface area contributed by atoms with Crippen LogP contribution in [0.25, 0.3) is 0 Å². The molecule has 0 aliphatic heterocycles. The molecule has 0 radical (unpaired) electrons. The van der Waals surface area contributed by atoms with Gasteiger partial charge in [-0.2, -0.15) is 0 Å². The van der Waals surface area contributed by atoms with Crippen molar-refractivity contribution in [2.45, 2.75) is 239 Å². The zero-order valence-electron chi connectivity index (χ0n) is 38.0. The maximum atomic E-state index is 12.7. The fourth-order valence-corrected chi connectivity index (χ4v) is 6.52. The molecule has 0 saturated heterocycles. The molecule has 1 atom stereocenters. The molecule has 0 bridgehead atoms. The van der Waals surface area contributed by atoms with Crippen molar-refractivity contribution in [2.75, 3.05) is 13.2 Å². The number of allylic oxidation sites excluding steroid dienone is 10. The zero-order valence-corrected chi connectivity index (χ0v) is 38.0. The number of hydrogen-bond acceptors (Lipinski definition) is 6. The Balaban J connectivity index is 4.46. The number of ether oxygens (including phenoxy) is 3. The maximum Gasteiger partial charge on any atom is 0.306 e. The third-order valence-corrected chi connectivity index (χ3v) is 10.3. The maximum absolute atomic E-state index is 12.7. The van der Waals surface area contributed by atoms with Crippen LogP contribution in [0.15, 0.2) is 60.8 Å². The SMILES string of the molecule is CCCC/C=C\C=C/CCCCCC(=O)OCC(COC(=O)CCCCC/C=C\C=C/CCCCCCCCC)OC(=O)CCCCC/C=C\CCCCCCCC. The summed E-state index contributed by atoms with van der Waals surface area (Å²) >= 11 is 0. The zero-order chi connectivity index (χ0) is 42.3. The van der Waals surface area contributed by atoms with E-state index in [0.717, 1.165) is 96.3 Å². The highest BCUT2D eigenvalue weighted by atomic mass is 16.6. The Hall–Kier alpha value is -2.89. The summed E-state index contributed by atoms with van der Waals surface area (Å²) in [5.41, 5.74) is 0. The predicted molar refractivity (Wildman–Crippen MR) is 247 cm³/mol. The third kappa shape index (κ3) is 44.2. The molecule has 0 N–H and O–H groups in total. The lowest BCUT2D eigenvalue weighted by molar-refractivity contribution is -0.167. The molecule has 0 amide bonds. The van der Waals surface area contributed by atoms with Gasteiger partial charge in [-0.05, 0) is 89.9 Å². The van der Waals surface area contributed by atoms with E-state index in [1.54, 1.807) is 0 Å². The van der Waals surface area contributed by atoms with E-state index in [9.17, 15) is 14.4 Å². The lowest BCUT2D eigenvalue weighted by Gasteiger charge is -2.18. The fourth-order valence-electron chi connectivity index (χ4n) is 6.52. The summed E-state index contributed by atoms with van der Waals surface area (Å²) in [5, 5.41) is 0. The van der Waals surface area contributed by atoms with Gasteiger partial charge in [-0.1, -0.05) is 184 Å². The Morgan fingerprint density at radius 2 is 0.638 bits per heavy atom. The molecular formula is C52H90O6. The highest BCUT2D eigenvalue weighted by Crippen LogP contribution is 2.12. The summed E-state index contributed by atoms with van der Waals surface area (Å²) in [5.74, 6) is -0.972.